The van der Waals surface area contributed by atoms with E-state index in [1.54, 1.807) is 0 Å². The maximum absolute atomic E-state index is 11.7. The maximum atomic E-state index is 11.7. The van der Waals surface area contributed by atoms with Gasteiger partial charge in [-0.1, -0.05) is 6.92 Å². The highest BCUT2D eigenvalue weighted by Crippen LogP contribution is 2.79. The highest BCUT2D eigenvalue weighted by Gasteiger charge is 2.84. The molecule has 6 fully saturated rings. The lowest BCUT2D eigenvalue weighted by molar-refractivity contribution is -0.285. The van der Waals surface area contributed by atoms with E-state index in [0.29, 0.717) is 30.4 Å². The van der Waals surface area contributed by atoms with Crippen LogP contribution in [0.4, 0.5) is 0 Å². The molecule has 6 heteroatoms. The standard InChI is InChI=1S/C26H43NO5/c1-6-27-13-24(14-29-3)9-8-20(31-5)26-16-10-15-18(30-4)12-25(32-7-2,21(16)22(15)28)17(23(26)27)11-19(24)26/h15-23,28H,6-14H2,1-5H3/t15-,16-,17+,18+,19-,20+,21-,22+,23-,24+,25+,26-/m1/s1. The first-order valence-electron chi connectivity index (χ1n) is 13.1. The van der Waals surface area contributed by atoms with Gasteiger partial charge >= 0.3 is 0 Å². The lowest BCUT2D eigenvalue weighted by atomic mass is 9.43. The summed E-state index contributed by atoms with van der Waals surface area (Å²) in [5.74, 6) is 1.81. The number of methoxy groups -OCH3 is 3. The molecule has 0 aromatic rings. The maximum Gasteiger partial charge on any atom is 0.0806 e. The molecule has 5 saturated carbocycles. The summed E-state index contributed by atoms with van der Waals surface area (Å²) in [5, 5.41) is 11.7. The third-order valence-corrected chi connectivity index (χ3v) is 11.5. The topological polar surface area (TPSA) is 60.4 Å². The van der Waals surface area contributed by atoms with Gasteiger partial charge in [0.2, 0.25) is 0 Å². The molecule has 0 aromatic heterocycles. The summed E-state index contributed by atoms with van der Waals surface area (Å²) in [4.78, 5) is 2.79. The number of likely N-dealkylation sites (tertiary alicyclic amines) is 1. The predicted octanol–water partition coefficient (Wildman–Crippen LogP) is 2.58. The molecule has 6 rings (SSSR count). The molecule has 5 aliphatic carbocycles. The van der Waals surface area contributed by atoms with Gasteiger partial charge in [0.1, 0.15) is 0 Å². The average molecular weight is 450 g/mol. The number of ether oxygens (including phenoxy) is 4. The van der Waals surface area contributed by atoms with Gasteiger partial charge in [0.05, 0.1) is 30.5 Å². The SMILES string of the molecule is CCO[C@]12C[C@H](OC)[C@H]3C[C@H]([C@@H]1[C@H]3O)[C@@]13[C@@H](OC)CC[C@@]4(COC)CN(CC)[C@@H]1[C@@H]2C[C@H]43. The van der Waals surface area contributed by atoms with Crippen LogP contribution in [0.15, 0.2) is 0 Å². The van der Waals surface area contributed by atoms with Crippen molar-refractivity contribution in [2.24, 2.45) is 40.4 Å². The van der Waals surface area contributed by atoms with Crippen molar-refractivity contribution in [3.63, 3.8) is 0 Å². The van der Waals surface area contributed by atoms with Crippen LogP contribution in [0.3, 0.4) is 0 Å². The molecule has 32 heavy (non-hydrogen) atoms. The molecule has 1 N–H and O–H groups in total. The predicted molar refractivity (Wildman–Crippen MR) is 120 cm³/mol. The van der Waals surface area contributed by atoms with Crippen LogP contribution in [0.5, 0.6) is 0 Å². The van der Waals surface area contributed by atoms with Crippen LogP contribution in [0, 0.1) is 40.4 Å². The van der Waals surface area contributed by atoms with Crippen molar-refractivity contribution < 1.29 is 24.1 Å². The monoisotopic (exact) mass is 449 g/mol. The largest absolute Gasteiger partial charge is 0.392 e. The Morgan fingerprint density at radius 1 is 1.06 bits per heavy atom. The molecular formula is C26H43NO5. The molecule has 12 atom stereocenters. The number of hydrogen-bond donors (Lipinski definition) is 1. The van der Waals surface area contributed by atoms with E-state index in [2.05, 4.69) is 18.7 Å². The van der Waals surface area contributed by atoms with E-state index in [1.807, 2.05) is 21.3 Å². The molecule has 0 aromatic carbocycles. The number of fused-ring (bicyclic) bond motifs is 2. The second-order valence-corrected chi connectivity index (χ2v) is 11.8. The fourth-order valence-electron chi connectivity index (χ4n) is 11.2. The molecule has 1 saturated heterocycles. The van der Waals surface area contributed by atoms with Gasteiger partial charge in [0.25, 0.3) is 0 Å². The minimum Gasteiger partial charge on any atom is -0.392 e. The van der Waals surface area contributed by atoms with E-state index in [9.17, 15) is 5.11 Å². The highest BCUT2D eigenvalue weighted by atomic mass is 16.5. The Morgan fingerprint density at radius 3 is 2.53 bits per heavy atom. The molecule has 0 radical (unpaired) electrons. The van der Waals surface area contributed by atoms with Crippen LogP contribution in [-0.4, -0.2) is 87.6 Å². The number of rotatable bonds is 7. The molecule has 182 valence electrons. The van der Waals surface area contributed by atoms with E-state index in [4.69, 9.17) is 18.9 Å². The molecule has 1 heterocycles. The van der Waals surface area contributed by atoms with Gasteiger partial charge in [-0.2, -0.15) is 0 Å². The number of aliphatic hydroxyl groups is 1. The number of nitrogens with zero attached hydrogens (tertiary/aromatic N) is 1. The molecule has 6 nitrogen and oxygen atoms in total. The Kier molecular flexibility index (Phi) is 5.13. The van der Waals surface area contributed by atoms with E-state index < -0.39 is 0 Å². The average Bonchev–Trinajstić information content (AvgIpc) is 3.20. The summed E-state index contributed by atoms with van der Waals surface area (Å²) in [5.41, 5.74) is -0.0382. The minimum absolute atomic E-state index is 0.0775. The zero-order valence-electron chi connectivity index (χ0n) is 20.6. The van der Waals surface area contributed by atoms with Gasteiger partial charge < -0.3 is 24.1 Å². The third kappa shape index (κ3) is 2.29. The van der Waals surface area contributed by atoms with Gasteiger partial charge in [-0.05, 0) is 51.0 Å². The number of piperidine rings is 1. The van der Waals surface area contributed by atoms with Crippen molar-refractivity contribution >= 4 is 0 Å². The first-order valence-corrected chi connectivity index (χ1v) is 13.1. The Morgan fingerprint density at radius 2 is 1.88 bits per heavy atom. The Labute approximate surface area is 193 Å². The number of hydrogen-bond acceptors (Lipinski definition) is 6. The van der Waals surface area contributed by atoms with Crippen molar-refractivity contribution in [3.8, 4) is 0 Å². The number of aliphatic hydroxyl groups excluding tert-OH is 1. The third-order valence-electron chi connectivity index (χ3n) is 11.5. The summed E-state index contributed by atoms with van der Waals surface area (Å²) < 4.78 is 25.3. The van der Waals surface area contributed by atoms with Crippen molar-refractivity contribution in [3.05, 3.63) is 0 Å². The van der Waals surface area contributed by atoms with Gasteiger partial charge in [0, 0.05) is 75.5 Å². The smallest absolute Gasteiger partial charge is 0.0806 e. The van der Waals surface area contributed by atoms with Gasteiger partial charge in [-0.15, -0.1) is 0 Å². The fraction of sp³-hybridized carbons (Fsp3) is 1.00. The fourth-order valence-corrected chi connectivity index (χ4v) is 11.2. The van der Waals surface area contributed by atoms with Gasteiger partial charge in [0.15, 0.2) is 0 Å². The second kappa shape index (κ2) is 7.38. The summed E-state index contributed by atoms with van der Waals surface area (Å²) in [7, 11) is 5.64. The molecule has 7 bridgehead atoms. The van der Waals surface area contributed by atoms with Crippen LogP contribution in [0.25, 0.3) is 0 Å². The first kappa shape index (κ1) is 22.2. The van der Waals surface area contributed by atoms with Crippen molar-refractivity contribution in [2.75, 3.05) is 47.6 Å². The summed E-state index contributed by atoms with van der Waals surface area (Å²) in [6, 6.07) is 0.460. The zero-order chi connectivity index (χ0) is 22.5. The Hall–Kier alpha value is -0.240. The van der Waals surface area contributed by atoms with Crippen LogP contribution in [-0.2, 0) is 18.9 Å². The lowest BCUT2D eigenvalue weighted by Gasteiger charge is -2.70. The molecule has 1 aliphatic heterocycles. The van der Waals surface area contributed by atoms with E-state index in [-0.39, 0.29) is 46.6 Å². The second-order valence-electron chi connectivity index (χ2n) is 11.8. The van der Waals surface area contributed by atoms with E-state index in [0.717, 1.165) is 39.0 Å². The Balaban J connectivity index is 1.59. The molecule has 6 aliphatic rings. The minimum atomic E-state index is -0.338. The van der Waals surface area contributed by atoms with Crippen molar-refractivity contribution in [2.45, 2.75) is 75.9 Å². The molecule has 1 spiro atoms. The van der Waals surface area contributed by atoms with E-state index >= 15 is 0 Å². The molecular weight excluding hydrogens is 406 g/mol. The normalized spacial score (nSPS) is 57.8. The van der Waals surface area contributed by atoms with Crippen molar-refractivity contribution in [1.82, 2.24) is 4.90 Å². The molecule has 0 unspecified atom stereocenters. The quantitative estimate of drug-likeness (QED) is 0.645. The first-order chi connectivity index (χ1) is 15.5. The summed E-state index contributed by atoms with van der Waals surface area (Å²) in [6.07, 6.45) is 5.41. The van der Waals surface area contributed by atoms with Crippen LogP contribution in [0.2, 0.25) is 0 Å². The molecule has 0 amide bonds. The Bertz CT molecular complexity index is 750. The van der Waals surface area contributed by atoms with Gasteiger partial charge in [-0.25, -0.2) is 0 Å². The van der Waals surface area contributed by atoms with E-state index in [1.165, 1.54) is 12.8 Å². The lowest BCUT2D eigenvalue weighted by Crippen LogP contribution is -2.76. The zero-order valence-corrected chi connectivity index (χ0v) is 20.6. The van der Waals surface area contributed by atoms with Crippen LogP contribution in [0.1, 0.15) is 46.0 Å². The summed E-state index contributed by atoms with van der Waals surface area (Å²) in [6.45, 7) is 8.16. The highest BCUT2D eigenvalue weighted by molar-refractivity contribution is 5.33. The van der Waals surface area contributed by atoms with Crippen molar-refractivity contribution in [1.29, 1.82) is 0 Å². The van der Waals surface area contributed by atoms with Crippen LogP contribution < -0.4 is 0 Å². The summed E-state index contributed by atoms with van der Waals surface area (Å²) >= 11 is 0. The van der Waals surface area contributed by atoms with Crippen LogP contribution >= 0.6 is 0 Å². The van der Waals surface area contributed by atoms with Gasteiger partial charge in [-0.3, -0.25) is 4.90 Å².